The molecular weight excluding hydrogens is 172 g/mol. The molecule has 0 bridgehead atoms. The molecule has 0 aliphatic heterocycles. The van der Waals surface area contributed by atoms with E-state index in [-0.39, 0.29) is 0 Å². The number of H-pyrrole nitrogens is 1. The van der Waals surface area contributed by atoms with Gasteiger partial charge in [0.1, 0.15) is 6.20 Å². The SMILES string of the molecule is S=C(n1ccnc1)[n+]1cc[nH]c1. The van der Waals surface area contributed by atoms with Crippen LogP contribution in [0.15, 0.2) is 37.4 Å². The predicted octanol–water partition coefficient (Wildman–Crippen LogP) is 0.180. The number of nitrogens with zero attached hydrogens (tertiary/aromatic N) is 3. The lowest BCUT2D eigenvalue weighted by atomic mass is 10.8. The van der Waals surface area contributed by atoms with E-state index in [4.69, 9.17) is 12.2 Å². The largest absolute Gasteiger partial charge is 0.307 e. The van der Waals surface area contributed by atoms with Crippen molar-refractivity contribution in [3.8, 4) is 0 Å². The fraction of sp³-hybridized carbons (Fsp3) is 0. The van der Waals surface area contributed by atoms with Gasteiger partial charge in [0.25, 0.3) is 0 Å². The number of nitrogens with one attached hydrogen (secondary N) is 1. The van der Waals surface area contributed by atoms with E-state index in [0.29, 0.717) is 5.11 Å². The van der Waals surface area contributed by atoms with Crippen LogP contribution in [-0.4, -0.2) is 19.6 Å². The van der Waals surface area contributed by atoms with Gasteiger partial charge >= 0.3 is 5.11 Å². The summed E-state index contributed by atoms with van der Waals surface area (Å²) in [4.78, 5) is 6.82. The first-order valence-electron chi connectivity index (χ1n) is 3.44. The molecule has 0 radical (unpaired) electrons. The van der Waals surface area contributed by atoms with Crippen molar-refractivity contribution < 1.29 is 4.57 Å². The first-order chi connectivity index (χ1) is 5.88. The van der Waals surface area contributed by atoms with Gasteiger partial charge in [-0.1, -0.05) is 0 Å². The van der Waals surface area contributed by atoms with Gasteiger partial charge in [0.05, 0.1) is 18.6 Å². The van der Waals surface area contributed by atoms with Gasteiger partial charge in [-0.25, -0.2) is 9.55 Å². The Morgan fingerprint density at radius 2 is 2.50 bits per heavy atom. The molecule has 2 aromatic rings. The molecular formula is C7H7N4S+. The van der Waals surface area contributed by atoms with Crippen molar-refractivity contribution in [1.82, 2.24) is 14.5 Å². The predicted molar refractivity (Wildman–Crippen MR) is 46.6 cm³/mol. The lowest BCUT2D eigenvalue weighted by Gasteiger charge is -1.94. The van der Waals surface area contributed by atoms with E-state index in [1.54, 1.807) is 28.0 Å². The molecule has 4 nitrogen and oxygen atoms in total. The van der Waals surface area contributed by atoms with Gasteiger partial charge in [0, 0.05) is 0 Å². The van der Waals surface area contributed by atoms with Gasteiger partial charge in [-0.15, -0.1) is 0 Å². The van der Waals surface area contributed by atoms with Gasteiger partial charge in [0.15, 0.2) is 12.7 Å². The molecule has 2 rings (SSSR count). The van der Waals surface area contributed by atoms with E-state index in [1.165, 1.54) is 0 Å². The third-order valence-corrected chi connectivity index (χ3v) is 1.91. The molecule has 5 heteroatoms. The molecule has 2 aromatic heterocycles. The summed E-state index contributed by atoms with van der Waals surface area (Å²) in [6, 6.07) is 0. The van der Waals surface area contributed by atoms with E-state index in [9.17, 15) is 0 Å². The zero-order valence-electron chi connectivity index (χ0n) is 6.21. The van der Waals surface area contributed by atoms with Crippen molar-refractivity contribution in [2.45, 2.75) is 0 Å². The highest BCUT2D eigenvalue weighted by molar-refractivity contribution is 7.79. The second-order valence-corrected chi connectivity index (χ2v) is 2.64. The van der Waals surface area contributed by atoms with Gasteiger partial charge < -0.3 is 0 Å². The van der Waals surface area contributed by atoms with Crippen LogP contribution in [-0.2, 0) is 0 Å². The topological polar surface area (TPSA) is 37.5 Å². The smallest absolute Gasteiger partial charge is 0.283 e. The number of aromatic amines is 1. The maximum absolute atomic E-state index is 5.16. The monoisotopic (exact) mass is 179 g/mol. The summed E-state index contributed by atoms with van der Waals surface area (Å²) in [5, 5.41) is 0.675. The summed E-state index contributed by atoms with van der Waals surface area (Å²) in [7, 11) is 0. The Kier molecular flexibility index (Phi) is 1.71. The van der Waals surface area contributed by atoms with E-state index in [2.05, 4.69) is 9.97 Å². The number of imidazole rings is 2. The third kappa shape index (κ3) is 1.14. The van der Waals surface area contributed by atoms with Crippen molar-refractivity contribution >= 4 is 17.3 Å². The molecule has 0 saturated carbocycles. The van der Waals surface area contributed by atoms with Crippen LogP contribution in [0.25, 0.3) is 0 Å². The number of rotatable bonds is 0. The average Bonchev–Trinajstić information content (AvgIpc) is 2.77. The molecule has 0 atom stereocenters. The molecule has 0 aliphatic carbocycles. The van der Waals surface area contributed by atoms with Crippen LogP contribution in [0.5, 0.6) is 0 Å². The number of hydrogen-bond donors (Lipinski definition) is 1. The molecule has 0 amide bonds. The van der Waals surface area contributed by atoms with Crippen LogP contribution >= 0.6 is 12.2 Å². The fourth-order valence-electron chi connectivity index (χ4n) is 0.914. The fourth-order valence-corrected chi connectivity index (χ4v) is 1.14. The van der Waals surface area contributed by atoms with Crippen molar-refractivity contribution in [3.05, 3.63) is 37.4 Å². The highest BCUT2D eigenvalue weighted by atomic mass is 32.1. The number of thiocarbonyl (C=S) groups is 1. The minimum atomic E-state index is 0.675. The minimum Gasteiger partial charge on any atom is -0.283 e. The van der Waals surface area contributed by atoms with E-state index >= 15 is 0 Å². The van der Waals surface area contributed by atoms with Crippen molar-refractivity contribution in [2.24, 2.45) is 0 Å². The van der Waals surface area contributed by atoms with Crippen molar-refractivity contribution in [2.75, 3.05) is 0 Å². The summed E-state index contributed by atoms with van der Waals surface area (Å²) in [5.41, 5.74) is 0. The molecule has 0 aliphatic rings. The summed E-state index contributed by atoms with van der Waals surface area (Å²) in [5.74, 6) is 0. The zero-order chi connectivity index (χ0) is 8.39. The highest BCUT2D eigenvalue weighted by Gasteiger charge is 2.07. The summed E-state index contributed by atoms with van der Waals surface area (Å²) < 4.78 is 3.57. The van der Waals surface area contributed by atoms with Crippen LogP contribution in [0.3, 0.4) is 0 Å². The van der Waals surface area contributed by atoms with E-state index in [1.807, 2.05) is 18.6 Å². The van der Waals surface area contributed by atoms with Crippen LogP contribution in [0.2, 0.25) is 0 Å². The standard InChI is InChI=1S/C7H6N4S/c12-7(10-3-1-8-5-10)11-4-2-9-6-11/h1-6H/p+1. The Balaban J connectivity index is 2.34. The molecule has 60 valence electrons. The average molecular weight is 179 g/mol. The Morgan fingerprint density at radius 1 is 1.58 bits per heavy atom. The lowest BCUT2D eigenvalue weighted by molar-refractivity contribution is -0.553. The van der Waals surface area contributed by atoms with Crippen molar-refractivity contribution in [1.29, 1.82) is 0 Å². The Bertz CT molecular complexity index is 326. The maximum Gasteiger partial charge on any atom is 0.307 e. The zero-order valence-corrected chi connectivity index (χ0v) is 7.03. The summed E-state index contributed by atoms with van der Waals surface area (Å²) >= 11 is 5.16. The molecule has 0 unspecified atom stereocenters. The normalized spacial score (nSPS) is 10.0. The number of aromatic nitrogens is 4. The van der Waals surface area contributed by atoms with E-state index in [0.717, 1.165) is 0 Å². The van der Waals surface area contributed by atoms with Gasteiger partial charge in [-0.05, 0) is 12.2 Å². The molecule has 0 aromatic carbocycles. The summed E-state index contributed by atoms with van der Waals surface area (Å²) in [6.07, 6.45) is 10.6. The first-order valence-corrected chi connectivity index (χ1v) is 3.85. The Hall–Kier alpha value is -1.49. The van der Waals surface area contributed by atoms with Gasteiger partial charge in [-0.2, -0.15) is 4.57 Å². The van der Waals surface area contributed by atoms with Gasteiger partial charge in [-0.3, -0.25) is 4.98 Å². The Morgan fingerprint density at radius 3 is 3.08 bits per heavy atom. The van der Waals surface area contributed by atoms with Gasteiger partial charge in [0.2, 0.25) is 0 Å². The molecule has 12 heavy (non-hydrogen) atoms. The Labute approximate surface area is 74.5 Å². The quantitative estimate of drug-likeness (QED) is 0.463. The molecule has 1 N–H and O–H groups in total. The van der Waals surface area contributed by atoms with Crippen LogP contribution in [0.1, 0.15) is 0 Å². The van der Waals surface area contributed by atoms with E-state index < -0.39 is 0 Å². The second-order valence-electron chi connectivity index (χ2n) is 2.27. The first kappa shape index (κ1) is 7.17. The molecule has 0 saturated heterocycles. The minimum absolute atomic E-state index is 0.675. The van der Waals surface area contributed by atoms with Crippen LogP contribution in [0, 0.1) is 0 Å². The third-order valence-electron chi connectivity index (χ3n) is 1.49. The van der Waals surface area contributed by atoms with Crippen LogP contribution < -0.4 is 4.57 Å². The molecule has 0 fully saturated rings. The molecule has 0 spiro atoms. The lowest BCUT2D eigenvalue weighted by Crippen LogP contribution is -2.43. The van der Waals surface area contributed by atoms with Crippen molar-refractivity contribution in [3.63, 3.8) is 0 Å². The maximum atomic E-state index is 5.16. The molecule has 2 heterocycles. The summed E-state index contributed by atoms with van der Waals surface area (Å²) in [6.45, 7) is 0. The highest BCUT2D eigenvalue weighted by Crippen LogP contribution is 1.84. The number of hydrogen-bond acceptors (Lipinski definition) is 2. The van der Waals surface area contributed by atoms with Crippen LogP contribution in [0.4, 0.5) is 0 Å². The second kappa shape index (κ2) is 2.86.